The van der Waals surface area contributed by atoms with Gasteiger partial charge >= 0.3 is 0 Å². The molecule has 0 saturated carbocycles. The van der Waals surface area contributed by atoms with Crippen molar-refractivity contribution in [3.63, 3.8) is 0 Å². The van der Waals surface area contributed by atoms with Crippen LogP contribution in [0.4, 0.5) is 8.78 Å². The SMILES string of the molecule is CC(NCC(C)(C)C(N)=O)C(F)F. The first-order valence-electron chi connectivity index (χ1n) is 4.09. The monoisotopic (exact) mass is 194 g/mol. The van der Waals surface area contributed by atoms with Crippen LogP contribution in [0.3, 0.4) is 0 Å². The van der Waals surface area contributed by atoms with Crippen molar-refractivity contribution in [2.24, 2.45) is 11.1 Å². The standard InChI is InChI=1S/C8H16F2N2O/c1-5(6(9)10)12-4-8(2,3)7(11)13/h5-6,12H,4H2,1-3H3,(H2,11,13). The first-order chi connectivity index (χ1) is 5.77. The molecule has 3 N–H and O–H groups in total. The van der Waals surface area contributed by atoms with Gasteiger partial charge in [-0.25, -0.2) is 8.78 Å². The van der Waals surface area contributed by atoms with Gasteiger partial charge in [0.1, 0.15) is 0 Å². The normalized spacial score (nSPS) is 14.6. The molecule has 0 saturated heterocycles. The fourth-order valence-electron chi connectivity index (χ4n) is 0.592. The molecule has 0 rings (SSSR count). The Balaban J connectivity index is 3.95. The van der Waals surface area contributed by atoms with E-state index < -0.39 is 23.8 Å². The summed E-state index contributed by atoms with van der Waals surface area (Å²) in [5.41, 5.74) is 4.28. The molecule has 0 aliphatic rings. The zero-order valence-corrected chi connectivity index (χ0v) is 8.10. The first kappa shape index (κ1) is 12.3. The smallest absolute Gasteiger partial charge is 0.253 e. The molecule has 0 radical (unpaired) electrons. The number of rotatable bonds is 5. The molecule has 78 valence electrons. The Morgan fingerprint density at radius 3 is 2.31 bits per heavy atom. The number of amides is 1. The Kier molecular flexibility index (Phi) is 4.26. The quantitative estimate of drug-likeness (QED) is 0.678. The molecule has 0 fully saturated rings. The third-order valence-corrected chi connectivity index (χ3v) is 1.91. The number of carbonyl (C=O) groups is 1. The highest BCUT2D eigenvalue weighted by molar-refractivity contribution is 5.80. The van der Waals surface area contributed by atoms with Crippen molar-refractivity contribution in [3.8, 4) is 0 Å². The van der Waals surface area contributed by atoms with Gasteiger partial charge in [-0.2, -0.15) is 0 Å². The number of halogens is 2. The topological polar surface area (TPSA) is 55.1 Å². The third-order valence-electron chi connectivity index (χ3n) is 1.91. The number of primary amides is 1. The van der Waals surface area contributed by atoms with E-state index in [-0.39, 0.29) is 6.54 Å². The van der Waals surface area contributed by atoms with Gasteiger partial charge in [0.05, 0.1) is 11.5 Å². The van der Waals surface area contributed by atoms with Crippen LogP contribution in [0.2, 0.25) is 0 Å². The minimum absolute atomic E-state index is 0.161. The fraction of sp³-hybridized carbons (Fsp3) is 0.875. The lowest BCUT2D eigenvalue weighted by molar-refractivity contribution is -0.125. The van der Waals surface area contributed by atoms with Crippen LogP contribution < -0.4 is 11.1 Å². The second-order valence-electron chi connectivity index (χ2n) is 3.75. The molecule has 0 aromatic carbocycles. The lowest BCUT2D eigenvalue weighted by Gasteiger charge is -2.23. The van der Waals surface area contributed by atoms with Gasteiger partial charge in [0.2, 0.25) is 5.91 Å². The predicted octanol–water partition coefficient (Wildman–Crippen LogP) is 0.741. The highest BCUT2D eigenvalue weighted by atomic mass is 19.3. The number of hydrogen-bond acceptors (Lipinski definition) is 2. The van der Waals surface area contributed by atoms with Crippen molar-refractivity contribution in [1.29, 1.82) is 0 Å². The van der Waals surface area contributed by atoms with Crippen LogP contribution in [-0.4, -0.2) is 24.9 Å². The van der Waals surface area contributed by atoms with Crippen molar-refractivity contribution in [1.82, 2.24) is 5.32 Å². The van der Waals surface area contributed by atoms with Crippen LogP contribution in [-0.2, 0) is 4.79 Å². The van der Waals surface area contributed by atoms with Gasteiger partial charge in [-0.05, 0) is 20.8 Å². The molecular formula is C8H16F2N2O. The molecule has 1 unspecified atom stereocenters. The molecule has 0 bridgehead atoms. The first-order valence-corrected chi connectivity index (χ1v) is 4.09. The summed E-state index contributed by atoms with van der Waals surface area (Å²) in [5, 5.41) is 2.55. The van der Waals surface area contributed by atoms with E-state index in [4.69, 9.17) is 5.73 Å². The van der Waals surface area contributed by atoms with Crippen molar-refractivity contribution < 1.29 is 13.6 Å². The van der Waals surface area contributed by atoms with Crippen molar-refractivity contribution in [2.75, 3.05) is 6.54 Å². The molecule has 13 heavy (non-hydrogen) atoms. The Bertz CT molecular complexity index is 183. The summed E-state index contributed by atoms with van der Waals surface area (Å²) in [4.78, 5) is 10.8. The summed E-state index contributed by atoms with van der Waals surface area (Å²) in [6.07, 6.45) is -2.43. The Hall–Kier alpha value is -0.710. The highest BCUT2D eigenvalue weighted by Crippen LogP contribution is 2.13. The summed E-state index contributed by atoms with van der Waals surface area (Å²) >= 11 is 0. The van der Waals surface area contributed by atoms with Crippen LogP contribution in [0.15, 0.2) is 0 Å². The van der Waals surface area contributed by atoms with E-state index in [0.717, 1.165) is 0 Å². The predicted molar refractivity (Wildman–Crippen MR) is 46.4 cm³/mol. The molecule has 3 nitrogen and oxygen atoms in total. The molecule has 5 heteroatoms. The number of nitrogens with one attached hydrogen (secondary N) is 1. The Morgan fingerprint density at radius 2 is 2.00 bits per heavy atom. The van der Waals surface area contributed by atoms with E-state index in [1.54, 1.807) is 13.8 Å². The largest absolute Gasteiger partial charge is 0.369 e. The van der Waals surface area contributed by atoms with E-state index in [1.807, 2.05) is 0 Å². The van der Waals surface area contributed by atoms with Crippen LogP contribution in [0, 0.1) is 5.41 Å². The number of nitrogens with two attached hydrogens (primary N) is 1. The molecule has 0 aromatic heterocycles. The minimum Gasteiger partial charge on any atom is -0.369 e. The number of hydrogen-bond donors (Lipinski definition) is 2. The van der Waals surface area contributed by atoms with E-state index >= 15 is 0 Å². The molecule has 0 aliphatic heterocycles. The van der Waals surface area contributed by atoms with Gasteiger partial charge in [-0.15, -0.1) is 0 Å². The minimum atomic E-state index is -2.43. The maximum Gasteiger partial charge on any atom is 0.253 e. The molecule has 0 heterocycles. The van der Waals surface area contributed by atoms with E-state index in [0.29, 0.717) is 0 Å². The second kappa shape index (κ2) is 4.50. The fourth-order valence-corrected chi connectivity index (χ4v) is 0.592. The van der Waals surface area contributed by atoms with Crippen LogP contribution in [0.25, 0.3) is 0 Å². The molecule has 1 atom stereocenters. The van der Waals surface area contributed by atoms with Crippen LogP contribution >= 0.6 is 0 Å². The maximum atomic E-state index is 12.0. The molecular weight excluding hydrogens is 178 g/mol. The average molecular weight is 194 g/mol. The van der Waals surface area contributed by atoms with Crippen molar-refractivity contribution >= 4 is 5.91 Å². The molecule has 1 amide bonds. The van der Waals surface area contributed by atoms with Gasteiger partial charge in [0, 0.05) is 6.54 Å². The average Bonchev–Trinajstić information content (AvgIpc) is 1.99. The Morgan fingerprint density at radius 1 is 1.54 bits per heavy atom. The summed E-state index contributed by atoms with van der Waals surface area (Å²) in [6.45, 7) is 4.75. The Labute approximate surface area is 76.7 Å². The van der Waals surface area contributed by atoms with Gasteiger partial charge in [-0.3, -0.25) is 4.79 Å². The zero-order valence-electron chi connectivity index (χ0n) is 8.10. The maximum absolute atomic E-state index is 12.0. The summed E-state index contributed by atoms with van der Waals surface area (Å²) in [5.74, 6) is -0.499. The molecule has 0 aliphatic carbocycles. The second-order valence-corrected chi connectivity index (χ2v) is 3.75. The van der Waals surface area contributed by atoms with E-state index in [2.05, 4.69) is 5.32 Å². The summed E-state index contributed by atoms with van der Waals surface area (Å²) < 4.78 is 24.1. The van der Waals surface area contributed by atoms with Crippen molar-refractivity contribution in [2.45, 2.75) is 33.2 Å². The highest BCUT2D eigenvalue weighted by Gasteiger charge is 2.26. The van der Waals surface area contributed by atoms with Crippen LogP contribution in [0.5, 0.6) is 0 Å². The third kappa shape index (κ3) is 4.17. The summed E-state index contributed by atoms with van der Waals surface area (Å²) in [7, 11) is 0. The lowest BCUT2D eigenvalue weighted by atomic mass is 9.92. The van der Waals surface area contributed by atoms with Crippen LogP contribution in [0.1, 0.15) is 20.8 Å². The molecule has 0 aromatic rings. The zero-order chi connectivity index (χ0) is 10.6. The van der Waals surface area contributed by atoms with E-state index in [9.17, 15) is 13.6 Å². The van der Waals surface area contributed by atoms with Gasteiger partial charge in [-0.1, -0.05) is 0 Å². The number of alkyl halides is 2. The number of carbonyl (C=O) groups excluding carboxylic acids is 1. The molecule has 0 spiro atoms. The van der Waals surface area contributed by atoms with Crippen molar-refractivity contribution in [3.05, 3.63) is 0 Å². The summed E-state index contributed by atoms with van der Waals surface area (Å²) in [6, 6.07) is -0.918. The van der Waals surface area contributed by atoms with E-state index in [1.165, 1.54) is 6.92 Å². The van der Waals surface area contributed by atoms with Gasteiger partial charge in [0.15, 0.2) is 0 Å². The van der Waals surface area contributed by atoms with Gasteiger partial charge in [0.25, 0.3) is 6.43 Å². The van der Waals surface area contributed by atoms with Gasteiger partial charge < -0.3 is 11.1 Å². The lowest BCUT2D eigenvalue weighted by Crippen LogP contribution is -2.45.